The number of aromatic amines is 1. The molecule has 25 heavy (non-hydrogen) atoms. The smallest absolute Gasteiger partial charge is 0.270 e. The Balaban J connectivity index is 1.62. The standard InChI is InChI=1S/C20H24N4O/c1-20(2,3)24-19(25)18-12-15(9-11-22-18)21-10-8-14-13-23-17-7-5-4-6-16(14)17/h4-7,9,11-13,23H,8,10H2,1-3H3,(H,21,22)(H,24,25). The zero-order valence-corrected chi connectivity index (χ0v) is 14.9. The molecule has 130 valence electrons. The number of aromatic nitrogens is 2. The van der Waals surface area contributed by atoms with Crippen LogP contribution in [0, 0.1) is 0 Å². The molecule has 0 unspecified atom stereocenters. The SMILES string of the molecule is CC(C)(C)NC(=O)c1cc(NCCc2c[nH]c3ccccc23)ccn1. The van der Waals surface area contributed by atoms with Crippen LogP contribution in [0.2, 0.25) is 0 Å². The molecular formula is C20H24N4O. The Morgan fingerprint density at radius 3 is 2.80 bits per heavy atom. The van der Waals surface area contributed by atoms with E-state index in [1.807, 2.05) is 32.9 Å². The van der Waals surface area contributed by atoms with Crippen molar-refractivity contribution in [2.45, 2.75) is 32.7 Å². The Kier molecular flexibility index (Phi) is 4.74. The maximum Gasteiger partial charge on any atom is 0.270 e. The summed E-state index contributed by atoms with van der Waals surface area (Å²) in [6, 6.07) is 12.0. The lowest BCUT2D eigenvalue weighted by atomic mass is 10.1. The lowest BCUT2D eigenvalue weighted by Gasteiger charge is -2.20. The number of carbonyl (C=O) groups is 1. The van der Waals surface area contributed by atoms with Crippen molar-refractivity contribution in [1.29, 1.82) is 0 Å². The highest BCUT2D eigenvalue weighted by Crippen LogP contribution is 2.18. The van der Waals surface area contributed by atoms with Gasteiger partial charge in [-0.2, -0.15) is 0 Å². The average Bonchev–Trinajstić information content (AvgIpc) is 2.97. The normalized spacial score (nSPS) is 11.5. The van der Waals surface area contributed by atoms with E-state index in [2.05, 4.69) is 45.0 Å². The summed E-state index contributed by atoms with van der Waals surface area (Å²) in [5.74, 6) is -0.159. The van der Waals surface area contributed by atoms with Crippen LogP contribution in [-0.4, -0.2) is 28.0 Å². The average molecular weight is 336 g/mol. The van der Waals surface area contributed by atoms with E-state index in [1.165, 1.54) is 10.9 Å². The van der Waals surface area contributed by atoms with Gasteiger partial charge in [0.2, 0.25) is 0 Å². The molecule has 0 radical (unpaired) electrons. The minimum Gasteiger partial charge on any atom is -0.385 e. The van der Waals surface area contributed by atoms with E-state index in [0.29, 0.717) is 5.69 Å². The molecule has 3 rings (SSSR count). The number of para-hydroxylation sites is 1. The van der Waals surface area contributed by atoms with E-state index in [1.54, 1.807) is 12.3 Å². The number of amides is 1. The number of anilines is 1. The number of pyridine rings is 1. The van der Waals surface area contributed by atoms with Crippen LogP contribution in [0.4, 0.5) is 5.69 Å². The fourth-order valence-electron chi connectivity index (χ4n) is 2.75. The zero-order valence-electron chi connectivity index (χ0n) is 14.9. The number of nitrogens with one attached hydrogen (secondary N) is 3. The molecular weight excluding hydrogens is 312 g/mol. The second-order valence-electron chi connectivity index (χ2n) is 7.17. The van der Waals surface area contributed by atoms with Crippen molar-refractivity contribution in [3.8, 4) is 0 Å². The third-order valence-corrected chi connectivity index (χ3v) is 3.88. The number of carbonyl (C=O) groups excluding carboxylic acids is 1. The number of fused-ring (bicyclic) bond motifs is 1. The van der Waals surface area contributed by atoms with Crippen molar-refractivity contribution < 1.29 is 4.79 Å². The maximum atomic E-state index is 12.2. The van der Waals surface area contributed by atoms with Gasteiger partial charge in [-0.05, 0) is 51.0 Å². The van der Waals surface area contributed by atoms with E-state index < -0.39 is 0 Å². The molecule has 0 aliphatic heterocycles. The Morgan fingerprint density at radius 1 is 1.20 bits per heavy atom. The van der Waals surface area contributed by atoms with Gasteiger partial charge in [0, 0.05) is 41.1 Å². The number of rotatable bonds is 5. The second-order valence-corrected chi connectivity index (χ2v) is 7.17. The Labute approximate surface area is 147 Å². The van der Waals surface area contributed by atoms with Gasteiger partial charge in [-0.3, -0.25) is 9.78 Å². The van der Waals surface area contributed by atoms with Gasteiger partial charge in [0.25, 0.3) is 5.91 Å². The Bertz CT molecular complexity index is 877. The zero-order chi connectivity index (χ0) is 17.9. The highest BCUT2D eigenvalue weighted by atomic mass is 16.2. The van der Waals surface area contributed by atoms with Crippen molar-refractivity contribution >= 4 is 22.5 Å². The maximum absolute atomic E-state index is 12.2. The Morgan fingerprint density at radius 2 is 2.00 bits per heavy atom. The van der Waals surface area contributed by atoms with Crippen LogP contribution in [-0.2, 0) is 6.42 Å². The number of benzene rings is 1. The van der Waals surface area contributed by atoms with Crippen LogP contribution in [0.1, 0.15) is 36.8 Å². The minimum atomic E-state index is -0.280. The van der Waals surface area contributed by atoms with Crippen LogP contribution in [0.5, 0.6) is 0 Å². The van der Waals surface area contributed by atoms with Gasteiger partial charge in [-0.25, -0.2) is 0 Å². The third kappa shape index (κ3) is 4.38. The molecule has 0 saturated carbocycles. The molecule has 0 spiro atoms. The molecule has 2 aromatic heterocycles. The lowest BCUT2D eigenvalue weighted by Crippen LogP contribution is -2.40. The van der Waals surface area contributed by atoms with E-state index in [0.717, 1.165) is 24.2 Å². The van der Waals surface area contributed by atoms with E-state index in [-0.39, 0.29) is 11.4 Å². The summed E-state index contributed by atoms with van der Waals surface area (Å²) in [6.45, 7) is 6.64. The van der Waals surface area contributed by atoms with Gasteiger partial charge in [0.1, 0.15) is 5.69 Å². The minimum absolute atomic E-state index is 0.159. The summed E-state index contributed by atoms with van der Waals surface area (Å²) < 4.78 is 0. The van der Waals surface area contributed by atoms with Crippen molar-refractivity contribution in [1.82, 2.24) is 15.3 Å². The predicted molar refractivity (Wildman–Crippen MR) is 102 cm³/mol. The molecule has 0 aliphatic carbocycles. The summed E-state index contributed by atoms with van der Waals surface area (Å²) in [4.78, 5) is 19.7. The van der Waals surface area contributed by atoms with Crippen molar-refractivity contribution in [2.24, 2.45) is 0 Å². The first-order valence-corrected chi connectivity index (χ1v) is 8.50. The highest BCUT2D eigenvalue weighted by molar-refractivity contribution is 5.93. The van der Waals surface area contributed by atoms with Crippen LogP contribution < -0.4 is 10.6 Å². The molecule has 2 heterocycles. The molecule has 0 saturated heterocycles. The molecule has 1 aromatic carbocycles. The van der Waals surface area contributed by atoms with Crippen molar-refractivity contribution in [2.75, 3.05) is 11.9 Å². The predicted octanol–water partition coefficient (Wildman–Crippen LogP) is 3.75. The summed E-state index contributed by atoms with van der Waals surface area (Å²) in [6.07, 6.45) is 4.61. The summed E-state index contributed by atoms with van der Waals surface area (Å²) in [7, 11) is 0. The van der Waals surface area contributed by atoms with Crippen LogP contribution in [0.3, 0.4) is 0 Å². The quantitative estimate of drug-likeness (QED) is 0.665. The van der Waals surface area contributed by atoms with Gasteiger partial charge in [-0.15, -0.1) is 0 Å². The number of hydrogen-bond acceptors (Lipinski definition) is 3. The molecule has 0 fully saturated rings. The van der Waals surface area contributed by atoms with E-state index in [4.69, 9.17) is 0 Å². The van der Waals surface area contributed by atoms with Crippen LogP contribution >= 0.6 is 0 Å². The van der Waals surface area contributed by atoms with Crippen LogP contribution in [0.25, 0.3) is 10.9 Å². The Hall–Kier alpha value is -2.82. The first-order valence-electron chi connectivity index (χ1n) is 8.50. The fraction of sp³-hybridized carbons (Fsp3) is 0.300. The van der Waals surface area contributed by atoms with E-state index in [9.17, 15) is 4.79 Å². The summed E-state index contributed by atoms with van der Waals surface area (Å²) in [5.41, 5.74) is 3.48. The van der Waals surface area contributed by atoms with Crippen molar-refractivity contribution in [3.05, 3.63) is 60.0 Å². The van der Waals surface area contributed by atoms with Crippen LogP contribution in [0.15, 0.2) is 48.8 Å². The molecule has 0 bridgehead atoms. The third-order valence-electron chi connectivity index (χ3n) is 3.88. The van der Waals surface area contributed by atoms with Gasteiger partial charge < -0.3 is 15.6 Å². The molecule has 5 heteroatoms. The number of hydrogen-bond donors (Lipinski definition) is 3. The number of H-pyrrole nitrogens is 1. The van der Waals surface area contributed by atoms with Crippen molar-refractivity contribution in [3.63, 3.8) is 0 Å². The molecule has 3 N–H and O–H groups in total. The largest absolute Gasteiger partial charge is 0.385 e. The van der Waals surface area contributed by atoms with E-state index >= 15 is 0 Å². The van der Waals surface area contributed by atoms with Gasteiger partial charge in [-0.1, -0.05) is 18.2 Å². The monoisotopic (exact) mass is 336 g/mol. The molecule has 1 amide bonds. The molecule has 3 aromatic rings. The lowest BCUT2D eigenvalue weighted by molar-refractivity contribution is 0.0914. The van der Waals surface area contributed by atoms with Gasteiger partial charge >= 0.3 is 0 Å². The highest BCUT2D eigenvalue weighted by Gasteiger charge is 2.16. The summed E-state index contributed by atoms with van der Waals surface area (Å²) in [5, 5.41) is 7.55. The topological polar surface area (TPSA) is 69.8 Å². The molecule has 5 nitrogen and oxygen atoms in total. The molecule has 0 atom stereocenters. The first-order chi connectivity index (χ1) is 11.9. The van der Waals surface area contributed by atoms with Gasteiger partial charge in [0.05, 0.1) is 0 Å². The van der Waals surface area contributed by atoms with Gasteiger partial charge in [0.15, 0.2) is 0 Å². The fourth-order valence-corrected chi connectivity index (χ4v) is 2.75. The number of nitrogens with zero attached hydrogens (tertiary/aromatic N) is 1. The summed E-state index contributed by atoms with van der Waals surface area (Å²) >= 11 is 0. The second kappa shape index (κ2) is 6.97. The molecule has 0 aliphatic rings. The first kappa shape index (κ1) is 17.0.